The number of phenolic OH excluding ortho intramolecular Hbond substituents is 3. The van der Waals surface area contributed by atoms with Crippen LogP contribution in [0.15, 0.2) is 24.0 Å². The molecule has 0 heterocycles. The van der Waals surface area contributed by atoms with Gasteiger partial charge in [-0.3, -0.25) is 14.4 Å². The van der Waals surface area contributed by atoms with Gasteiger partial charge in [0.1, 0.15) is 17.1 Å². The lowest BCUT2D eigenvalue weighted by atomic mass is 9.53. The number of hydrogen-bond donors (Lipinski definition) is 6. The minimum atomic E-state index is -3.27. The van der Waals surface area contributed by atoms with Gasteiger partial charge in [0.2, 0.25) is 11.4 Å². The van der Waals surface area contributed by atoms with Gasteiger partial charge in [-0.15, -0.1) is 0 Å². The fourth-order valence-electron chi connectivity index (χ4n) is 4.16. The number of hydrogen-bond acceptors (Lipinski definition) is 13. The SMILES string of the molecule is COC(=O)CC1(O)C2C(Oc3c(O)cc(O)cc3O)=CC(=O)C1(O)CC(=O)[C@]2(O)C(=O)OC. The van der Waals surface area contributed by atoms with E-state index in [4.69, 9.17) is 4.74 Å². The first-order valence-corrected chi connectivity index (χ1v) is 9.30. The summed E-state index contributed by atoms with van der Waals surface area (Å²) in [6.07, 6.45) is -1.92. The Morgan fingerprint density at radius 1 is 1.03 bits per heavy atom. The van der Waals surface area contributed by atoms with Crippen molar-refractivity contribution < 1.29 is 64.0 Å². The van der Waals surface area contributed by atoms with Crippen molar-refractivity contribution in [1.29, 1.82) is 0 Å². The predicted molar refractivity (Wildman–Crippen MR) is 102 cm³/mol. The molecule has 2 aliphatic rings. The van der Waals surface area contributed by atoms with Crippen LogP contribution < -0.4 is 4.74 Å². The smallest absolute Gasteiger partial charge is 0.346 e. The normalized spacial score (nSPS) is 30.9. The van der Waals surface area contributed by atoms with Gasteiger partial charge in [0.15, 0.2) is 28.7 Å². The Bertz CT molecular complexity index is 1070. The van der Waals surface area contributed by atoms with Crippen molar-refractivity contribution in [3.63, 3.8) is 0 Å². The molecule has 13 nitrogen and oxygen atoms in total. The molecule has 0 aromatic heterocycles. The Hall–Kier alpha value is -3.68. The number of ether oxygens (including phenoxy) is 3. The second kappa shape index (κ2) is 7.72. The number of aliphatic hydroxyl groups is 3. The van der Waals surface area contributed by atoms with Crippen LogP contribution in [0.2, 0.25) is 0 Å². The van der Waals surface area contributed by atoms with Crippen molar-refractivity contribution >= 4 is 23.5 Å². The van der Waals surface area contributed by atoms with Gasteiger partial charge in [-0.1, -0.05) is 0 Å². The van der Waals surface area contributed by atoms with Crippen LogP contribution >= 0.6 is 0 Å². The average molecular weight is 468 g/mol. The Morgan fingerprint density at radius 3 is 2.12 bits per heavy atom. The van der Waals surface area contributed by atoms with Crippen LogP contribution in [0.5, 0.6) is 23.0 Å². The molecule has 1 saturated carbocycles. The highest BCUT2D eigenvalue weighted by Crippen LogP contribution is 2.55. The number of methoxy groups -OCH3 is 2. The summed E-state index contributed by atoms with van der Waals surface area (Å²) < 4.78 is 14.3. The average Bonchev–Trinajstić information content (AvgIpc) is 2.72. The number of rotatable bonds is 5. The Labute approximate surface area is 185 Å². The number of esters is 2. The zero-order chi connectivity index (χ0) is 24.9. The van der Waals surface area contributed by atoms with Crippen molar-refractivity contribution in [2.24, 2.45) is 5.92 Å². The summed E-state index contributed by atoms with van der Waals surface area (Å²) in [5.74, 6) is -11.9. The highest BCUT2D eigenvalue weighted by Gasteiger charge is 2.76. The number of benzene rings is 1. The van der Waals surface area contributed by atoms with Gasteiger partial charge >= 0.3 is 11.9 Å². The molecule has 3 unspecified atom stereocenters. The minimum Gasteiger partial charge on any atom is -0.508 e. The van der Waals surface area contributed by atoms with Gasteiger partial charge in [0.05, 0.1) is 26.6 Å². The van der Waals surface area contributed by atoms with Crippen LogP contribution in [0.1, 0.15) is 12.8 Å². The summed E-state index contributed by atoms with van der Waals surface area (Å²) in [6.45, 7) is 0. The molecule has 0 radical (unpaired) electrons. The Balaban J connectivity index is 2.30. The zero-order valence-electron chi connectivity index (χ0n) is 17.3. The summed E-state index contributed by atoms with van der Waals surface area (Å²) in [7, 11) is 1.73. The molecule has 13 heteroatoms. The lowest BCUT2D eigenvalue weighted by Gasteiger charge is -2.55. The van der Waals surface area contributed by atoms with Crippen molar-refractivity contribution in [3.05, 3.63) is 24.0 Å². The molecular weight excluding hydrogens is 448 g/mol. The van der Waals surface area contributed by atoms with E-state index in [1.807, 2.05) is 0 Å². The summed E-state index contributed by atoms with van der Waals surface area (Å²) in [5, 5.41) is 63.1. The summed E-state index contributed by atoms with van der Waals surface area (Å²) >= 11 is 0. The molecule has 1 fully saturated rings. The minimum absolute atomic E-state index is 0.530. The number of carbonyl (C=O) groups is 4. The number of phenols is 3. The number of fused-ring (bicyclic) bond motifs is 2. The fourth-order valence-corrected chi connectivity index (χ4v) is 4.16. The van der Waals surface area contributed by atoms with E-state index in [9.17, 15) is 49.8 Å². The van der Waals surface area contributed by atoms with Gasteiger partial charge in [0, 0.05) is 24.6 Å². The molecule has 6 N–H and O–H groups in total. The molecule has 0 spiro atoms. The lowest BCUT2D eigenvalue weighted by Crippen LogP contribution is -2.78. The maximum Gasteiger partial charge on any atom is 0.346 e. The van der Waals surface area contributed by atoms with Gasteiger partial charge in [-0.25, -0.2) is 4.79 Å². The van der Waals surface area contributed by atoms with Crippen LogP contribution in [0.4, 0.5) is 0 Å². The maximum absolute atomic E-state index is 12.8. The largest absolute Gasteiger partial charge is 0.508 e. The Morgan fingerprint density at radius 2 is 1.61 bits per heavy atom. The monoisotopic (exact) mass is 468 g/mol. The quantitative estimate of drug-likeness (QED) is 0.207. The molecule has 3 rings (SSSR count). The van der Waals surface area contributed by atoms with E-state index in [1.54, 1.807) is 0 Å². The predicted octanol–water partition coefficient (Wildman–Crippen LogP) is -1.83. The molecule has 1 aromatic carbocycles. The van der Waals surface area contributed by atoms with E-state index < -0.39 is 87.8 Å². The second-order valence-electron chi connectivity index (χ2n) is 7.65. The van der Waals surface area contributed by atoms with Gasteiger partial charge in [0.25, 0.3) is 0 Å². The zero-order valence-corrected chi connectivity index (χ0v) is 17.3. The number of aromatic hydroxyl groups is 3. The van der Waals surface area contributed by atoms with E-state index in [0.717, 1.165) is 26.4 Å². The lowest BCUT2D eigenvalue weighted by molar-refractivity contribution is -0.243. The molecule has 4 atom stereocenters. The van der Waals surface area contributed by atoms with E-state index >= 15 is 0 Å². The molecule has 178 valence electrons. The van der Waals surface area contributed by atoms with Crippen molar-refractivity contribution in [3.8, 4) is 23.0 Å². The molecule has 2 bridgehead atoms. The van der Waals surface area contributed by atoms with E-state index in [-0.39, 0.29) is 0 Å². The van der Waals surface area contributed by atoms with Crippen LogP contribution in [0.25, 0.3) is 0 Å². The fraction of sp³-hybridized carbons (Fsp3) is 0.400. The van der Waals surface area contributed by atoms with Crippen molar-refractivity contribution in [2.75, 3.05) is 14.2 Å². The van der Waals surface area contributed by atoms with Crippen LogP contribution in [0, 0.1) is 5.92 Å². The van der Waals surface area contributed by atoms with Crippen LogP contribution in [0.3, 0.4) is 0 Å². The molecule has 0 aliphatic heterocycles. The number of Topliss-reactive ketones (excluding diaryl/α,β-unsaturated/α-hetero) is 1. The molecule has 1 aromatic rings. The van der Waals surface area contributed by atoms with Gasteiger partial charge in [-0.2, -0.15) is 0 Å². The van der Waals surface area contributed by atoms with Crippen LogP contribution in [-0.2, 0) is 28.7 Å². The van der Waals surface area contributed by atoms with E-state index in [1.165, 1.54) is 0 Å². The number of ketones is 2. The van der Waals surface area contributed by atoms with Crippen LogP contribution in [-0.4, -0.2) is 85.2 Å². The summed E-state index contributed by atoms with van der Waals surface area (Å²) in [4.78, 5) is 50.2. The maximum atomic E-state index is 12.8. The topological polar surface area (TPSA) is 217 Å². The van der Waals surface area contributed by atoms with E-state index in [2.05, 4.69) is 9.47 Å². The van der Waals surface area contributed by atoms with Crippen molar-refractivity contribution in [1.82, 2.24) is 0 Å². The van der Waals surface area contributed by atoms with E-state index in [0.29, 0.717) is 6.08 Å². The van der Waals surface area contributed by atoms with Crippen molar-refractivity contribution in [2.45, 2.75) is 29.6 Å². The summed E-state index contributed by atoms with van der Waals surface area (Å²) in [6, 6.07) is 1.46. The molecular formula is C20H20O13. The van der Waals surface area contributed by atoms with Gasteiger partial charge in [-0.05, 0) is 0 Å². The second-order valence-corrected chi connectivity index (χ2v) is 7.65. The molecule has 33 heavy (non-hydrogen) atoms. The molecule has 2 aliphatic carbocycles. The first-order chi connectivity index (χ1) is 15.3. The first kappa shape index (κ1) is 24.0. The summed E-state index contributed by atoms with van der Waals surface area (Å²) in [5.41, 5.74) is -9.28. The number of carbonyl (C=O) groups excluding carboxylic acids is 4. The third kappa shape index (κ3) is 3.28. The van der Waals surface area contributed by atoms with Gasteiger partial charge < -0.3 is 44.8 Å². The molecule has 0 amide bonds. The third-order valence-corrected chi connectivity index (χ3v) is 5.81. The Kier molecular flexibility index (Phi) is 5.61. The molecule has 0 saturated heterocycles. The third-order valence-electron chi connectivity index (χ3n) is 5.81. The standard InChI is InChI=1S/C20H20O13/c1-31-14(26)7-19(29)16-11(33-15-9(22)3-8(21)4-10(15)23)5-12(24)18(19,28)6-13(25)20(16,30)17(27)32-2/h3-5,16,21-23,28-30H,6-7H2,1-2H3/t16?,18?,19?,20-/m1/s1. The first-order valence-electron chi connectivity index (χ1n) is 9.30. The highest BCUT2D eigenvalue weighted by atomic mass is 16.5. The highest BCUT2D eigenvalue weighted by molar-refractivity contribution is 6.14.